The van der Waals surface area contributed by atoms with E-state index in [4.69, 9.17) is 37.0 Å². The minimum atomic E-state index is -4.94. The van der Waals surface area contributed by atoms with Crippen molar-refractivity contribution in [2.24, 2.45) is 5.92 Å². The predicted molar refractivity (Wildman–Crippen MR) is 331 cm³/mol. The molecular weight excluding hydrogens is 1100 g/mol. The summed E-state index contributed by atoms with van der Waals surface area (Å²) in [7, 11) is -9.88. The summed E-state index contributed by atoms with van der Waals surface area (Å²) < 4.78 is 68.0. The van der Waals surface area contributed by atoms with Crippen LogP contribution < -0.4 is 0 Å². The van der Waals surface area contributed by atoms with E-state index in [1.54, 1.807) is 0 Å². The summed E-state index contributed by atoms with van der Waals surface area (Å²) in [6, 6.07) is 0. The molecule has 0 aromatic heterocycles. The highest BCUT2D eigenvalue weighted by Gasteiger charge is 2.30. The van der Waals surface area contributed by atoms with Crippen molar-refractivity contribution in [2.75, 3.05) is 39.6 Å². The SMILES string of the molecule is CCCCCCCCCCCCCCCC(=O)O[C@H](COC(=O)CCCCCCCCCCC(C)CC)COP(=O)(O)OC[C@@H](O)COP(=O)(O)OC[C@@H](COC(=O)CCCCCCCCCCC)OC(=O)CCCCCCCCCCC. The van der Waals surface area contributed by atoms with Crippen molar-refractivity contribution in [1.29, 1.82) is 0 Å². The van der Waals surface area contributed by atoms with Crippen LogP contribution in [0.5, 0.6) is 0 Å². The summed E-state index contributed by atoms with van der Waals surface area (Å²) >= 11 is 0. The zero-order valence-corrected chi connectivity index (χ0v) is 55.1. The molecule has 6 atom stereocenters. The van der Waals surface area contributed by atoms with Gasteiger partial charge in [0.2, 0.25) is 0 Å². The summed E-state index contributed by atoms with van der Waals surface area (Å²) in [6.45, 7) is 7.17. The topological polar surface area (TPSA) is 237 Å². The van der Waals surface area contributed by atoms with Gasteiger partial charge in [0.25, 0.3) is 0 Å². The molecule has 3 unspecified atom stereocenters. The van der Waals surface area contributed by atoms with Crippen LogP contribution in [0, 0.1) is 5.92 Å². The van der Waals surface area contributed by atoms with Crippen LogP contribution in [0.15, 0.2) is 0 Å². The first-order chi connectivity index (χ1) is 40.1. The van der Waals surface area contributed by atoms with Gasteiger partial charge in [-0.25, -0.2) is 9.13 Å². The van der Waals surface area contributed by atoms with Crippen molar-refractivity contribution in [1.82, 2.24) is 0 Å². The monoisotopic (exact) mass is 1230 g/mol. The van der Waals surface area contributed by atoms with Gasteiger partial charge >= 0.3 is 39.5 Å². The van der Waals surface area contributed by atoms with Crippen LogP contribution in [-0.2, 0) is 65.4 Å². The molecule has 0 aliphatic carbocycles. The maximum absolute atomic E-state index is 13.0. The first kappa shape index (κ1) is 81.1. The Kier molecular flexibility index (Phi) is 56.4. The van der Waals surface area contributed by atoms with Crippen LogP contribution in [-0.4, -0.2) is 96.7 Å². The van der Waals surface area contributed by atoms with Crippen LogP contribution in [0.4, 0.5) is 0 Å². The Balaban J connectivity index is 5.23. The average molecular weight is 1230 g/mol. The lowest BCUT2D eigenvalue weighted by Crippen LogP contribution is -2.30. The molecule has 0 fully saturated rings. The summed E-state index contributed by atoms with van der Waals surface area (Å²) in [5.41, 5.74) is 0. The van der Waals surface area contributed by atoms with Crippen molar-refractivity contribution in [2.45, 2.75) is 342 Å². The fourth-order valence-corrected chi connectivity index (χ4v) is 11.1. The molecular formula is C64H124O17P2. The maximum Gasteiger partial charge on any atom is 0.472 e. The highest BCUT2D eigenvalue weighted by molar-refractivity contribution is 7.47. The third-order valence-electron chi connectivity index (χ3n) is 15.1. The Morgan fingerprint density at radius 1 is 0.337 bits per heavy atom. The molecule has 0 rings (SSSR count). The Morgan fingerprint density at radius 2 is 0.578 bits per heavy atom. The summed E-state index contributed by atoms with van der Waals surface area (Å²) in [5.74, 6) is -1.36. The van der Waals surface area contributed by atoms with Gasteiger partial charge in [-0.05, 0) is 31.6 Å². The molecule has 0 spiro atoms. The molecule has 83 heavy (non-hydrogen) atoms. The fourth-order valence-electron chi connectivity index (χ4n) is 9.55. The number of rotatable bonds is 64. The largest absolute Gasteiger partial charge is 0.472 e. The van der Waals surface area contributed by atoms with Crippen molar-refractivity contribution >= 4 is 39.5 Å². The maximum atomic E-state index is 13.0. The zero-order valence-electron chi connectivity index (χ0n) is 53.3. The molecule has 0 heterocycles. The van der Waals surface area contributed by atoms with Gasteiger partial charge in [0.1, 0.15) is 19.3 Å². The molecule has 0 saturated heterocycles. The van der Waals surface area contributed by atoms with E-state index in [2.05, 4.69) is 34.6 Å². The lowest BCUT2D eigenvalue weighted by atomic mass is 9.99. The van der Waals surface area contributed by atoms with Crippen LogP contribution in [0.3, 0.4) is 0 Å². The third kappa shape index (κ3) is 57.6. The van der Waals surface area contributed by atoms with Gasteiger partial charge in [0.05, 0.1) is 26.4 Å². The van der Waals surface area contributed by atoms with E-state index in [1.807, 2.05) is 0 Å². The van der Waals surface area contributed by atoms with E-state index in [0.29, 0.717) is 25.7 Å². The fraction of sp³-hybridized carbons (Fsp3) is 0.938. The smallest absolute Gasteiger partial charge is 0.462 e. The molecule has 0 bridgehead atoms. The molecule has 19 heteroatoms. The number of phosphoric acid groups is 2. The van der Waals surface area contributed by atoms with E-state index in [9.17, 15) is 43.2 Å². The van der Waals surface area contributed by atoms with E-state index < -0.39 is 97.5 Å². The van der Waals surface area contributed by atoms with Crippen molar-refractivity contribution in [3.63, 3.8) is 0 Å². The molecule has 492 valence electrons. The first-order valence-corrected chi connectivity index (χ1v) is 36.7. The number of unbranched alkanes of at least 4 members (excludes halogenated alkanes) is 35. The molecule has 0 aromatic carbocycles. The number of aliphatic hydroxyl groups excluding tert-OH is 1. The standard InChI is InChI=1S/C64H124O17P2/c1-6-10-13-16-19-22-23-24-25-28-35-40-45-50-64(69)81-60(54-75-62(67)48-43-38-33-30-29-31-36-41-46-57(5)9-4)56-79-83(72,73)77-52-58(65)51-76-82(70,71)78-55-59(80-63(68)49-44-39-34-27-21-18-15-12-8-3)53-74-61(66)47-42-37-32-26-20-17-14-11-7-2/h57-60,65H,6-56H2,1-5H3,(H,70,71)(H,72,73)/t57?,58-,59+,60+/m0/s1. The molecule has 0 aromatic rings. The molecule has 0 saturated carbocycles. The van der Waals surface area contributed by atoms with Crippen LogP contribution in [0.25, 0.3) is 0 Å². The van der Waals surface area contributed by atoms with Gasteiger partial charge in [0, 0.05) is 25.7 Å². The van der Waals surface area contributed by atoms with E-state index >= 15 is 0 Å². The van der Waals surface area contributed by atoms with Crippen LogP contribution in [0.2, 0.25) is 0 Å². The highest BCUT2D eigenvalue weighted by Crippen LogP contribution is 2.45. The lowest BCUT2D eigenvalue weighted by molar-refractivity contribution is -0.161. The average Bonchev–Trinajstić information content (AvgIpc) is 3.47. The quantitative estimate of drug-likeness (QED) is 0.0222. The predicted octanol–water partition coefficient (Wildman–Crippen LogP) is 17.8. The van der Waals surface area contributed by atoms with Gasteiger partial charge in [-0.1, -0.05) is 272 Å². The second kappa shape index (κ2) is 57.8. The summed E-state index contributed by atoms with van der Waals surface area (Å²) in [5, 5.41) is 10.5. The van der Waals surface area contributed by atoms with Gasteiger partial charge in [-0.2, -0.15) is 0 Å². The summed E-state index contributed by atoms with van der Waals surface area (Å²) in [6.07, 6.45) is 41.5. The van der Waals surface area contributed by atoms with Gasteiger partial charge < -0.3 is 33.8 Å². The lowest BCUT2D eigenvalue weighted by Gasteiger charge is -2.21. The Labute approximate surface area is 505 Å². The number of esters is 4. The number of hydrogen-bond acceptors (Lipinski definition) is 15. The number of hydrogen-bond donors (Lipinski definition) is 3. The van der Waals surface area contributed by atoms with Crippen LogP contribution in [0.1, 0.15) is 324 Å². The molecule has 0 amide bonds. The molecule has 0 aliphatic heterocycles. The molecule has 17 nitrogen and oxygen atoms in total. The zero-order chi connectivity index (χ0) is 61.3. The Morgan fingerprint density at radius 3 is 0.855 bits per heavy atom. The summed E-state index contributed by atoms with van der Waals surface area (Å²) in [4.78, 5) is 72.2. The van der Waals surface area contributed by atoms with Gasteiger partial charge in [0.15, 0.2) is 12.2 Å². The molecule has 3 N–H and O–H groups in total. The van der Waals surface area contributed by atoms with E-state index in [-0.39, 0.29) is 25.7 Å². The number of carbonyl (C=O) groups excluding carboxylic acids is 4. The number of carbonyl (C=O) groups is 4. The molecule has 0 aliphatic rings. The normalized spacial score (nSPS) is 14.6. The number of ether oxygens (including phenoxy) is 4. The van der Waals surface area contributed by atoms with E-state index in [0.717, 1.165) is 95.8 Å². The van der Waals surface area contributed by atoms with Gasteiger partial charge in [-0.3, -0.25) is 37.3 Å². The Bertz CT molecular complexity index is 1620. The minimum absolute atomic E-state index is 0.106. The van der Waals surface area contributed by atoms with Crippen molar-refractivity contribution in [3.05, 3.63) is 0 Å². The van der Waals surface area contributed by atoms with Crippen LogP contribution >= 0.6 is 15.6 Å². The third-order valence-corrected chi connectivity index (χ3v) is 17.0. The van der Waals surface area contributed by atoms with Crippen molar-refractivity contribution < 1.29 is 80.2 Å². The second-order valence-corrected chi connectivity index (χ2v) is 26.3. The molecule has 0 radical (unpaired) electrons. The highest BCUT2D eigenvalue weighted by atomic mass is 31.2. The first-order valence-electron chi connectivity index (χ1n) is 33.7. The second-order valence-electron chi connectivity index (χ2n) is 23.4. The van der Waals surface area contributed by atoms with Gasteiger partial charge in [-0.15, -0.1) is 0 Å². The number of phosphoric ester groups is 2. The van der Waals surface area contributed by atoms with E-state index in [1.165, 1.54) is 148 Å². The minimum Gasteiger partial charge on any atom is -0.462 e. The Hall–Kier alpha value is -1.94. The van der Waals surface area contributed by atoms with Crippen molar-refractivity contribution in [3.8, 4) is 0 Å². The number of aliphatic hydroxyl groups is 1.